The van der Waals surface area contributed by atoms with Gasteiger partial charge in [-0.1, -0.05) is 43.7 Å². The predicted octanol–water partition coefficient (Wildman–Crippen LogP) is 5.60. The largest absolute Gasteiger partial charge is 0.455 e. The van der Waals surface area contributed by atoms with E-state index in [1.807, 2.05) is 20.8 Å². The molecule has 0 bridgehead atoms. The molecule has 0 saturated heterocycles. The molecule has 0 fully saturated rings. The summed E-state index contributed by atoms with van der Waals surface area (Å²) >= 11 is 0. The van der Waals surface area contributed by atoms with E-state index in [-0.39, 0.29) is 11.9 Å². The summed E-state index contributed by atoms with van der Waals surface area (Å²) in [5.41, 5.74) is 2.18. The van der Waals surface area contributed by atoms with Crippen LogP contribution in [0.1, 0.15) is 67.2 Å². The standard InChI is InChI=1S/C19H32O2/c1-8-19(7,21-18(20)16(4)5)14-10-13-17(6)12-9-11-15(2)3/h8,11,13,16H,1,9-10,12,14H2,2-7H3. The molecule has 0 amide bonds. The fourth-order valence-corrected chi connectivity index (χ4v) is 1.84. The SMILES string of the molecule is C=CC(C)(CCC=C(C)CCC=C(C)C)OC(=O)C(C)C. The van der Waals surface area contributed by atoms with Crippen molar-refractivity contribution in [1.29, 1.82) is 0 Å². The summed E-state index contributed by atoms with van der Waals surface area (Å²) in [6, 6.07) is 0. The minimum atomic E-state index is -0.571. The third-order valence-corrected chi connectivity index (χ3v) is 3.46. The van der Waals surface area contributed by atoms with Crippen LogP contribution in [0.5, 0.6) is 0 Å². The van der Waals surface area contributed by atoms with Crippen molar-refractivity contribution >= 4 is 5.97 Å². The van der Waals surface area contributed by atoms with E-state index in [9.17, 15) is 4.79 Å². The summed E-state index contributed by atoms with van der Waals surface area (Å²) < 4.78 is 5.55. The quantitative estimate of drug-likeness (QED) is 0.408. The van der Waals surface area contributed by atoms with Crippen molar-refractivity contribution in [2.45, 2.75) is 72.8 Å². The van der Waals surface area contributed by atoms with Gasteiger partial charge in [0.05, 0.1) is 5.92 Å². The van der Waals surface area contributed by atoms with Crippen LogP contribution < -0.4 is 0 Å². The van der Waals surface area contributed by atoms with Crippen molar-refractivity contribution in [3.8, 4) is 0 Å². The van der Waals surface area contributed by atoms with Crippen LogP contribution in [0.4, 0.5) is 0 Å². The lowest BCUT2D eigenvalue weighted by Gasteiger charge is -2.26. The van der Waals surface area contributed by atoms with Gasteiger partial charge in [-0.05, 0) is 59.5 Å². The monoisotopic (exact) mass is 292 g/mol. The summed E-state index contributed by atoms with van der Waals surface area (Å²) in [5, 5.41) is 0. The molecule has 0 heterocycles. The van der Waals surface area contributed by atoms with Crippen LogP contribution in [-0.4, -0.2) is 11.6 Å². The van der Waals surface area contributed by atoms with Gasteiger partial charge >= 0.3 is 5.97 Å². The Morgan fingerprint density at radius 3 is 2.29 bits per heavy atom. The first kappa shape index (κ1) is 19.7. The van der Waals surface area contributed by atoms with Crippen molar-refractivity contribution in [3.05, 3.63) is 36.0 Å². The summed E-state index contributed by atoms with van der Waals surface area (Å²) in [6.07, 6.45) is 10.1. The second-order valence-electron chi connectivity index (χ2n) is 6.50. The Labute approximate surface area is 131 Å². The number of hydrogen-bond acceptors (Lipinski definition) is 2. The first-order valence-corrected chi connectivity index (χ1v) is 7.85. The second-order valence-corrected chi connectivity index (χ2v) is 6.50. The third-order valence-electron chi connectivity index (χ3n) is 3.46. The number of hydrogen-bond donors (Lipinski definition) is 0. The Hall–Kier alpha value is -1.31. The summed E-state index contributed by atoms with van der Waals surface area (Å²) in [4.78, 5) is 11.7. The van der Waals surface area contributed by atoms with Gasteiger partial charge in [0.25, 0.3) is 0 Å². The van der Waals surface area contributed by atoms with E-state index in [1.165, 1.54) is 11.1 Å². The van der Waals surface area contributed by atoms with Crippen LogP contribution in [0, 0.1) is 5.92 Å². The number of carbonyl (C=O) groups is 1. The van der Waals surface area contributed by atoms with Gasteiger partial charge in [-0.15, -0.1) is 0 Å². The average Bonchev–Trinajstić information content (AvgIpc) is 2.38. The lowest BCUT2D eigenvalue weighted by molar-refractivity contribution is -0.158. The Balaban J connectivity index is 4.35. The number of carbonyl (C=O) groups excluding carboxylic acids is 1. The molecule has 0 aromatic rings. The Kier molecular flexibility index (Phi) is 9.00. The Bertz CT molecular complexity index is 398. The van der Waals surface area contributed by atoms with E-state index >= 15 is 0 Å². The predicted molar refractivity (Wildman–Crippen MR) is 91.2 cm³/mol. The zero-order valence-corrected chi connectivity index (χ0v) is 14.7. The maximum atomic E-state index is 11.7. The molecule has 0 N–H and O–H groups in total. The van der Waals surface area contributed by atoms with Crippen LogP contribution >= 0.6 is 0 Å². The summed E-state index contributed by atoms with van der Waals surface area (Å²) in [6.45, 7) is 15.8. The van der Waals surface area contributed by atoms with Crippen molar-refractivity contribution in [1.82, 2.24) is 0 Å². The van der Waals surface area contributed by atoms with E-state index in [0.717, 1.165) is 25.7 Å². The van der Waals surface area contributed by atoms with Gasteiger partial charge in [-0.3, -0.25) is 4.79 Å². The maximum Gasteiger partial charge on any atom is 0.309 e. The Morgan fingerprint density at radius 2 is 1.81 bits per heavy atom. The molecule has 0 rings (SSSR count). The fourth-order valence-electron chi connectivity index (χ4n) is 1.84. The molecule has 2 heteroatoms. The van der Waals surface area contributed by atoms with Crippen LogP contribution in [-0.2, 0) is 9.53 Å². The minimum absolute atomic E-state index is 0.106. The van der Waals surface area contributed by atoms with Gasteiger partial charge in [-0.2, -0.15) is 0 Å². The molecule has 2 nitrogen and oxygen atoms in total. The van der Waals surface area contributed by atoms with Crippen LogP contribution in [0.25, 0.3) is 0 Å². The molecule has 0 saturated carbocycles. The lowest BCUT2D eigenvalue weighted by atomic mass is 9.98. The maximum absolute atomic E-state index is 11.7. The summed E-state index contributed by atoms with van der Waals surface area (Å²) in [5.74, 6) is -0.271. The van der Waals surface area contributed by atoms with E-state index in [2.05, 4.69) is 39.5 Å². The van der Waals surface area contributed by atoms with Gasteiger partial charge in [0.15, 0.2) is 0 Å². The molecular weight excluding hydrogens is 260 g/mol. The molecule has 0 aromatic heterocycles. The molecular formula is C19H32O2. The lowest BCUT2D eigenvalue weighted by Crippen LogP contribution is -2.31. The fraction of sp³-hybridized carbons (Fsp3) is 0.632. The van der Waals surface area contributed by atoms with Crippen LogP contribution in [0.2, 0.25) is 0 Å². The van der Waals surface area contributed by atoms with Gasteiger partial charge in [0.1, 0.15) is 5.60 Å². The van der Waals surface area contributed by atoms with Crippen LogP contribution in [0.15, 0.2) is 36.0 Å². The first-order valence-electron chi connectivity index (χ1n) is 7.85. The molecule has 120 valence electrons. The second kappa shape index (κ2) is 9.59. The van der Waals surface area contributed by atoms with Crippen molar-refractivity contribution in [2.75, 3.05) is 0 Å². The number of rotatable bonds is 9. The normalized spacial score (nSPS) is 14.5. The van der Waals surface area contributed by atoms with Crippen molar-refractivity contribution < 1.29 is 9.53 Å². The van der Waals surface area contributed by atoms with Gasteiger partial charge in [-0.25, -0.2) is 0 Å². The number of allylic oxidation sites excluding steroid dienone is 4. The molecule has 0 aliphatic carbocycles. The molecule has 21 heavy (non-hydrogen) atoms. The van der Waals surface area contributed by atoms with E-state index in [4.69, 9.17) is 4.74 Å². The number of esters is 1. The highest BCUT2D eigenvalue weighted by atomic mass is 16.6. The van der Waals surface area contributed by atoms with Gasteiger partial charge in [0, 0.05) is 0 Å². The minimum Gasteiger partial charge on any atom is -0.455 e. The smallest absolute Gasteiger partial charge is 0.309 e. The zero-order chi connectivity index (χ0) is 16.5. The van der Waals surface area contributed by atoms with Gasteiger partial charge in [0.2, 0.25) is 0 Å². The van der Waals surface area contributed by atoms with Crippen molar-refractivity contribution in [3.63, 3.8) is 0 Å². The molecule has 0 radical (unpaired) electrons. The Morgan fingerprint density at radius 1 is 1.19 bits per heavy atom. The zero-order valence-electron chi connectivity index (χ0n) is 14.7. The van der Waals surface area contributed by atoms with E-state index in [0.29, 0.717) is 0 Å². The molecule has 1 unspecified atom stereocenters. The van der Waals surface area contributed by atoms with E-state index in [1.54, 1.807) is 6.08 Å². The topological polar surface area (TPSA) is 26.3 Å². The molecule has 0 aliphatic heterocycles. The highest BCUT2D eigenvalue weighted by molar-refractivity contribution is 5.72. The van der Waals surface area contributed by atoms with Crippen LogP contribution in [0.3, 0.4) is 0 Å². The van der Waals surface area contributed by atoms with E-state index < -0.39 is 5.60 Å². The molecule has 1 atom stereocenters. The first-order chi connectivity index (χ1) is 9.70. The summed E-state index contributed by atoms with van der Waals surface area (Å²) in [7, 11) is 0. The highest BCUT2D eigenvalue weighted by Crippen LogP contribution is 2.22. The highest BCUT2D eigenvalue weighted by Gasteiger charge is 2.25. The number of ether oxygens (including phenoxy) is 1. The molecule has 0 spiro atoms. The molecule has 0 aliphatic rings. The third kappa shape index (κ3) is 9.28. The van der Waals surface area contributed by atoms with Gasteiger partial charge < -0.3 is 4.74 Å². The molecule has 0 aromatic carbocycles. The average molecular weight is 292 g/mol. The van der Waals surface area contributed by atoms with Crippen molar-refractivity contribution in [2.24, 2.45) is 5.92 Å².